The number of aromatic nitrogens is 1. The number of carbonyl (C=O) groups is 1. The average Bonchev–Trinajstić information content (AvgIpc) is 2.28. The van der Waals surface area contributed by atoms with E-state index in [-0.39, 0.29) is 0 Å². The summed E-state index contributed by atoms with van der Waals surface area (Å²) in [6, 6.07) is 6.31. The number of piperidine rings is 1. The van der Waals surface area contributed by atoms with Crippen molar-refractivity contribution < 1.29 is 4.79 Å². The van der Waals surface area contributed by atoms with E-state index in [4.69, 9.17) is 0 Å². The Morgan fingerprint density at radius 2 is 2.40 bits per heavy atom. The smallest absolute Gasteiger partial charge is 0.135 e. The Labute approximate surface area is 89.9 Å². The van der Waals surface area contributed by atoms with Crippen molar-refractivity contribution in [2.24, 2.45) is 0 Å². The summed E-state index contributed by atoms with van der Waals surface area (Å²) in [6.45, 7) is 0.839. The van der Waals surface area contributed by atoms with Crippen LogP contribution in [0.1, 0.15) is 25.0 Å². The van der Waals surface area contributed by atoms with E-state index in [1.54, 1.807) is 0 Å². The van der Waals surface area contributed by atoms with Crippen LogP contribution in [-0.2, 0) is 11.2 Å². The van der Waals surface area contributed by atoms with Crippen LogP contribution >= 0.6 is 0 Å². The van der Waals surface area contributed by atoms with Crippen LogP contribution in [0.2, 0.25) is 0 Å². The first-order valence-electron chi connectivity index (χ1n) is 5.49. The number of hydrogen-bond acceptors (Lipinski definition) is 3. The Balaban J connectivity index is 1.80. The number of ketones is 1. The van der Waals surface area contributed by atoms with Crippen molar-refractivity contribution in [1.29, 1.82) is 0 Å². The third-order valence-corrected chi connectivity index (χ3v) is 2.79. The summed E-state index contributed by atoms with van der Waals surface area (Å²) in [5.74, 6) is 0.389. The summed E-state index contributed by atoms with van der Waals surface area (Å²) < 4.78 is 0. The molecule has 0 saturated carbocycles. The maximum atomic E-state index is 11.2. The second-order valence-electron chi connectivity index (χ2n) is 4.00. The number of carbonyl (C=O) groups excluding carboxylic acids is 1. The fourth-order valence-corrected chi connectivity index (χ4v) is 1.94. The first kappa shape index (κ1) is 10.3. The molecule has 1 aromatic heterocycles. The van der Waals surface area contributed by atoms with Crippen molar-refractivity contribution in [3.8, 4) is 0 Å². The molecule has 0 bridgehead atoms. The molecule has 15 heavy (non-hydrogen) atoms. The van der Waals surface area contributed by atoms with Gasteiger partial charge in [0.15, 0.2) is 0 Å². The van der Waals surface area contributed by atoms with Gasteiger partial charge in [0.2, 0.25) is 0 Å². The molecule has 1 aromatic rings. The van der Waals surface area contributed by atoms with Gasteiger partial charge in [0.25, 0.3) is 0 Å². The Hall–Kier alpha value is -1.22. The summed E-state index contributed by atoms with van der Waals surface area (Å²) >= 11 is 0. The molecular formula is C12H16N2O. The summed E-state index contributed by atoms with van der Waals surface area (Å²) in [6.07, 6.45) is 5.15. The predicted molar refractivity (Wildman–Crippen MR) is 58.6 cm³/mol. The van der Waals surface area contributed by atoms with Gasteiger partial charge >= 0.3 is 0 Å². The zero-order valence-electron chi connectivity index (χ0n) is 8.78. The molecule has 3 nitrogen and oxygen atoms in total. The summed E-state index contributed by atoms with van der Waals surface area (Å²) in [4.78, 5) is 15.5. The molecule has 1 saturated heterocycles. The van der Waals surface area contributed by atoms with E-state index < -0.39 is 0 Å². The van der Waals surface area contributed by atoms with Crippen molar-refractivity contribution in [2.45, 2.75) is 31.7 Å². The average molecular weight is 204 g/mol. The monoisotopic (exact) mass is 204 g/mol. The highest BCUT2D eigenvalue weighted by molar-refractivity contribution is 5.79. The number of rotatable bonds is 3. The number of hydrogen-bond donors (Lipinski definition) is 1. The van der Waals surface area contributed by atoms with E-state index in [0.717, 1.165) is 25.1 Å². The largest absolute Gasteiger partial charge is 0.313 e. The molecular weight excluding hydrogens is 188 g/mol. The van der Waals surface area contributed by atoms with Gasteiger partial charge in [0.05, 0.1) is 0 Å². The first-order valence-corrected chi connectivity index (χ1v) is 5.49. The van der Waals surface area contributed by atoms with Crippen LogP contribution in [0.5, 0.6) is 0 Å². The van der Waals surface area contributed by atoms with Crippen LogP contribution in [0.25, 0.3) is 0 Å². The Morgan fingerprint density at radius 3 is 3.13 bits per heavy atom. The van der Waals surface area contributed by atoms with Crippen molar-refractivity contribution in [3.63, 3.8) is 0 Å². The van der Waals surface area contributed by atoms with E-state index in [2.05, 4.69) is 10.3 Å². The molecule has 0 radical (unpaired) electrons. The van der Waals surface area contributed by atoms with Crippen LogP contribution in [0.15, 0.2) is 24.4 Å². The second kappa shape index (κ2) is 5.03. The zero-order chi connectivity index (χ0) is 10.5. The molecule has 1 atom stereocenters. The summed E-state index contributed by atoms with van der Waals surface area (Å²) in [5.41, 5.74) is 1.11. The lowest BCUT2D eigenvalue weighted by molar-refractivity contribution is -0.120. The number of nitrogens with zero attached hydrogens (tertiary/aromatic N) is 1. The quantitative estimate of drug-likeness (QED) is 0.807. The molecule has 0 aliphatic carbocycles. The van der Waals surface area contributed by atoms with Crippen LogP contribution in [-0.4, -0.2) is 23.4 Å². The third kappa shape index (κ3) is 3.13. The van der Waals surface area contributed by atoms with Crippen LogP contribution in [0, 0.1) is 0 Å². The van der Waals surface area contributed by atoms with Gasteiger partial charge < -0.3 is 5.32 Å². The molecule has 1 N–H and O–H groups in total. The lowest BCUT2D eigenvalue weighted by Gasteiger charge is -2.22. The molecule has 3 heteroatoms. The van der Waals surface area contributed by atoms with Gasteiger partial charge in [0.1, 0.15) is 5.78 Å². The Bertz CT molecular complexity index is 324. The number of pyridine rings is 1. The molecule has 1 unspecified atom stereocenters. The Morgan fingerprint density at radius 1 is 1.47 bits per heavy atom. The number of aryl methyl sites for hydroxylation is 1. The zero-order valence-corrected chi connectivity index (χ0v) is 8.78. The highest BCUT2D eigenvalue weighted by Crippen LogP contribution is 2.10. The van der Waals surface area contributed by atoms with Crippen LogP contribution in [0.3, 0.4) is 0 Å². The van der Waals surface area contributed by atoms with E-state index in [1.165, 1.54) is 0 Å². The first-order chi connectivity index (χ1) is 7.34. The minimum absolute atomic E-state index is 0.355. The highest BCUT2D eigenvalue weighted by atomic mass is 16.1. The lowest BCUT2D eigenvalue weighted by atomic mass is 9.98. The van der Waals surface area contributed by atoms with E-state index in [9.17, 15) is 4.79 Å². The van der Waals surface area contributed by atoms with Crippen molar-refractivity contribution >= 4 is 5.78 Å². The van der Waals surface area contributed by atoms with Crippen molar-refractivity contribution in [1.82, 2.24) is 10.3 Å². The normalized spacial score (nSPS) is 21.6. The molecule has 1 fully saturated rings. The molecule has 1 aliphatic heterocycles. The SMILES string of the molecule is O=C1CCNC(CCc2ccccn2)C1. The van der Waals surface area contributed by atoms with Gasteiger partial charge in [-0.1, -0.05) is 6.07 Å². The molecule has 80 valence electrons. The van der Waals surface area contributed by atoms with Gasteiger partial charge in [-0.05, 0) is 25.0 Å². The summed E-state index contributed by atoms with van der Waals surface area (Å²) in [5, 5.41) is 3.37. The maximum Gasteiger partial charge on any atom is 0.135 e. The van der Waals surface area contributed by atoms with E-state index >= 15 is 0 Å². The second-order valence-corrected chi connectivity index (χ2v) is 4.00. The fraction of sp³-hybridized carbons (Fsp3) is 0.500. The minimum atomic E-state index is 0.355. The fourth-order valence-electron chi connectivity index (χ4n) is 1.94. The predicted octanol–water partition coefficient (Wildman–Crippen LogP) is 1.34. The van der Waals surface area contributed by atoms with Gasteiger partial charge in [0, 0.05) is 37.3 Å². The van der Waals surface area contributed by atoms with Gasteiger partial charge in [-0.3, -0.25) is 9.78 Å². The summed E-state index contributed by atoms with van der Waals surface area (Å²) in [7, 11) is 0. The van der Waals surface area contributed by atoms with Crippen molar-refractivity contribution in [2.75, 3.05) is 6.54 Å². The van der Waals surface area contributed by atoms with E-state index in [1.807, 2.05) is 24.4 Å². The van der Waals surface area contributed by atoms with Crippen LogP contribution < -0.4 is 5.32 Å². The standard InChI is InChI=1S/C12H16N2O/c15-12-6-8-14-11(9-12)5-4-10-3-1-2-7-13-10/h1-3,7,11,14H,4-6,8-9H2. The number of Topliss-reactive ketones (excluding diaryl/α,β-unsaturated/α-hetero) is 1. The molecule has 0 amide bonds. The molecule has 0 spiro atoms. The minimum Gasteiger partial charge on any atom is -0.313 e. The Kier molecular flexibility index (Phi) is 3.45. The molecule has 2 rings (SSSR count). The topological polar surface area (TPSA) is 42.0 Å². The maximum absolute atomic E-state index is 11.2. The highest BCUT2D eigenvalue weighted by Gasteiger charge is 2.18. The van der Waals surface area contributed by atoms with E-state index in [0.29, 0.717) is 24.7 Å². The third-order valence-electron chi connectivity index (χ3n) is 2.79. The molecule has 2 heterocycles. The van der Waals surface area contributed by atoms with Crippen LogP contribution in [0.4, 0.5) is 0 Å². The lowest BCUT2D eigenvalue weighted by Crippen LogP contribution is -2.38. The number of nitrogens with one attached hydrogen (secondary N) is 1. The molecule has 1 aliphatic rings. The van der Waals surface area contributed by atoms with Gasteiger partial charge in [-0.2, -0.15) is 0 Å². The van der Waals surface area contributed by atoms with Gasteiger partial charge in [-0.25, -0.2) is 0 Å². The van der Waals surface area contributed by atoms with Gasteiger partial charge in [-0.15, -0.1) is 0 Å². The van der Waals surface area contributed by atoms with Crippen molar-refractivity contribution in [3.05, 3.63) is 30.1 Å². The molecule has 0 aromatic carbocycles.